The Labute approximate surface area is 788 Å². The number of rotatable bonds is 36. The predicted octanol–water partition coefficient (Wildman–Crippen LogP) is -23.1. The number of hydrogen-bond donors (Lipinski definition) is 34. The van der Waals surface area contributed by atoms with E-state index in [0.29, 0.717) is 0 Å². The Balaban J connectivity index is 0.885. The van der Waals surface area contributed by atoms with Crippen LogP contribution in [0, 0.1) is 0 Å². The van der Waals surface area contributed by atoms with Gasteiger partial charge in [-0.3, -0.25) is 28.8 Å². The number of carbonyl (C=O) groups excluding carboxylic acids is 6. The first kappa shape index (κ1) is 114. The fraction of sp³-hybridized carbons (Fsp3) is 0.923. The van der Waals surface area contributed by atoms with E-state index >= 15 is 0 Å². The molecule has 11 aliphatic heterocycles. The standard InChI is InChI=1S/C78H130N6O55/c1-18-41(98)54(111)57(114)74(122-18)139-67-56(113)45(102)28(11-88)127-78(67)135-63-29(12-89)128-71(37(51(63)108)81-21(4)94)119-15-32-46(103)64(40(68(118)123-32)84-24(7)97)136-77-60(117)66(48(105)34(132-77)17-121-70-36(80-20(3)93)50(107)43(100)26(9-86)125-70)138-73-39(83-23(6)96)53(110)62(31(14-91)130-73)134-76-59(116)65(47(104)33(131-76)16-120-69-35(79-19(2)92)49(106)42(99)25(8-85)124-69)137-72-38(82-22(5)95)52(109)61(30(13-90)129-72)133-75-58(115)55(112)44(101)27(10-87)126-75/h18,25-78,85-91,98-118H,8-17H2,1-7H3,(H,79,92)(H,80,93)(H,81,94)(H,82,95)(H,83,96)(H,84,97)/t18-,25+,26+,27+,28+,29+,30+,31+,32+,33+,34+,35+,36+,37+,38+,39+,40+,41+,42+,43+,44-,45-,46-,47-,48-,49+,50+,51+,52+,53+,54+,55-,56-,57-,58+,59+,60+,61+,62+,63+,64+,65-,66-,67+,68-,69+,70+,71+,72-,73-,74-,75-,76-,77-,78-/m0/s1. The van der Waals surface area contributed by atoms with Gasteiger partial charge in [0, 0.05) is 41.5 Å². The molecule has 0 bridgehead atoms. The number of aliphatic hydroxyl groups excluding tert-OH is 28. The third-order valence-electron chi connectivity index (χ3n) is 25.3. The predicted molar refractivity (Wildman–Crippen MR) is 430 cm³/mol. The second kappa shape index (κ2) is 50.0. The van der Waals surface area contributed by atoms with E-state index in [1.54, 1.807) is 0 Å². The van der Waals surface area contributed by atoms with Gasteiger partial charge in [0.1, 0.15) is 262 Å². The fourth-order valence-corrected chi connectivity index (χ4v) is 18.0. The molecule has 0 radical (unpaired) electrons. The number of aliphatic hydroxyl groups is 28. The molecule has 0 aromatic heterocycles. The monoisotopic (exact) mass is 2030 g/mol. The van der Waals surface area contributed by atoms with Crippen molar-refractivity contribution in [2.75, 3.05) is 66.1 Å². The van der Waals surface area contributed by atoms with E-state index in [9.17, 15) is 172 Å². The third kappa shape index (κ3) is 26.0. The summed E-state index contributed by atoms with van der Waals surface area (Å²) in [4.78, 5) is 77.9. The summed E-state index contributed by atoms with van der Waals surface area (Å²) in [5.74, 6) is -5.66. The largest absolute Gasteiger partial charge is 0.394 e. The third-order valence-corrected chi connectivity index (χ3v) is 25.3. The fourth-order valence-electron chi connectivity index (χ4n) is 18.0. The zero-order valence-electron chi connectivity index (χ0n) is 75.4. The summed E-state index contributed by atoms with van der Waals surface area (Å²) in [7, 11) is 0. The summed E-state index contributed by atoms with van der Waals surface area (Å²) in [5, 5.41) is 330. The van der Waals surface area contributed by atoms with Crippen LogP contribution in [0.3, 0.4) is 0 Å². The average Bonchev–Trinajstić information content (AvgIpc) is 0.767. The highest BCUT2D eigenvalue weighted by Gasteiger charge is 2.63. The van der Waals surface area contributed by atoms with E-state index in [4.69, 9.17) is 99.5 Å². The van der Waals surface area contributed by atoms with Gasteiger partial charge in [0.15, 0.2) is 69.2 Å². The topological polar surface area (TPSA) is 935 Å². The van der Waals surface area contributed by atoms with Crippen LogP contribution in [0.5, 0.6) is 0 Å². The Morgan fingerprint density at radius 3 is 0.799 bits per heavy atom. The van der Waals surface area contributed by atoms with Gasteiger partial charge in [-0.1, -0.05) is 0 Å². The molecule has 0 saturated carbocycles. The highest BCUT2D eigenvalue weighted by atomic mass is 16.8. The molecule has 61 heteroatoms. The zero-order chi connectivity index (χ0) is 102. The highest BCUT2D eigenvalue weighted by molar-refractivity contribution is 5.75. The molecule has 0 aromatic rings. The minimum atomic E-state index is -2.60. The Bertz CT molecular complexity index is 3900. The van der Waals surface area contributed by atoms with Gasteiger partial charge in [0.05, 0.1) is 72.2 Å². The number of ether oxygens (including phenoxy) is 21. The first-order chi connectivity index (χ1) is 65.6. The zero-order valence-corrected chi connectivity index (χ0v) is 75.4. The van der Waals surface area contributed by atoms with Crippen molar-refractivity contribution in [3.8, 4) is 0 Å². The maximum atomic E-state index is 13.5. The molecule has 0 aliphatic carbocycles. The van der Waals surface area contributed by atoms with Crippen LogP contribution in [0.15, 0.2) is 0 Å². The van der Waals surface area contributed by atoms with Crippen LogP contribution in [-0.2, 0) is 128 Å². The quantitative estimate of drug-likeness (QED) is 0.0277. The minimum absolute atomic E-state index is 0.841. The summed E-state index contributed by atoms with van der Waals surface area (Å²) in [6.07, 6.45) is -101. The summed E-state index contributed by atoms with van der Waals surface area (Å²) >= 11 is 0. The van der Waals surface area contributed by atoms with Crippen LogP contribution in [0.2, 0.25) is 0 Å². The van der Waals surface area contributed by atoms with Crippen LogP contribution in [0.25, 0.3) is 0 Å². The van der Waals surface area contributed by atoms with Gasteiger partial charge < -0.3 is 274 Å². The van der Waals surface area contributed by atoms with Crippen molar-refractivity contribution in [2.45, 2.75) is 386 Å². The van der Waals surface area contributed by atoms with Gasteiger partial charge in [-0.25, -0.2) is 0 Å². The van der Waals surface area contributed by atoms with Crippen LogP contribution >= 0.6 is 0 Å². The number of hydrogen-bond acceptors (Lipinski definition) is 55. The van der Waals surface area contributed by atoms with Crippen LogP contribution in [-0.4, -0.2) is 582 Å². The Morgan fingerprint density at radius 2 is 0.439 bits per heavy atom. The van der Waals surface area contributed by atoms with Gasteiger partial charge in [-0.15, -0.1) is 0 Å². The first-order valence-electron chi connectivity index (χ1n) is 44.5. The molecule has 802 valence electrons. The smallest absolute Gasteiger partial charge is 0.217 e. The number of amides is 6. The van der Waals surface area contributed by atoms with Crippen LogP contribution in [0.4, 0.5) is 0 Å². The van der Waals surface area contributed by atoms with E-state index in [1.165, 1.54) is 6.92 Å². The van der Waals surface area contributed by atoms with Crippen LogP contribution < -0.4 is 31.9 Å². The van der Waals surface area contributed by atoms with E-state index in [-0.39, 0.29) is 0 Å². The van der Waals surface area contributed by atoms with Crippen molar-refractivity contribution in [3.05, 3.63) is 0 Å². The first-order valence-corrected chi connectivity index (χ1v) is 44.5. The molecule has 6 amide bonds. The van der Waals surface area contributed by atoms with Gasteiger partial charge >= 0.3 is 0 Å². The van der Waals surface area contributed by atoms with Gasteiger partial charge in [0.25, 0.3) is 0 Å². The number of nitrogens with one attached hydrogen (secondary N) is 6. The molecule has 61 nitrogen and oxygen atoms in total. The lowest BCUT2D eigenvalue weighted by Crippen LogP contribution is -2.71. The Hall–Kier alpha value is -5.14. The van der Waals surface area contributed by atoms with Crippen molar-refractivity contribution < 1.29 is 271 Å². The van der Waals surface area contributed by atoms with Crippen molar-refractivity contribution in [3.63, 3.8) is 0 Å². The average molecular weight is 2030 g/mol. The maximum absolute atomic E-state index is 13.5. The summed E-state index contributed by atoms with van der Waals surface area (Å²) in [5.41, 5.74) is 0. The van der Waals surface area contributed by atoms with Gasteiger partial charge in [0.2, 0.25) is 35.4 Å². The van der Waals surface area contributed by atoms with Crippen molar-refractivity contribution in [1.29, 1.82) is 0 Å². The molecule has 139 heavy (non-hydrogen) atoms. The molecule has 55 atom stereocenters. The molecule has 11 heterocycles. The van der Waals surface area contributed by atoms with Gasteiger partial charge in [-0.05, 0) is 6.92 Å². The second-order valence-electron chi connectivity index (χ2n) is 35.3. The van der Waals surface area contributed by atoms with E-state index < -0.39 is 439 Å². The molecule has 0 aromatic carbocycles. The molecule has 0 unspecified atom stereocenters. The maximum Gasteiger partial charge on any atom is 0.217 e. The van der Waals surface area contributed by atoms with Crippen molar-refractivity contribution in [2.24, 2.45) is 0 Å². The summed E-state index contributed by atoms with van der Waals surface area (Å²) in [6, 6.07) is -11.4. The minimum Gasteiger partial charge on any atom is -0.394 e. The molecule has 11 rings (SSSR count). The lowest BCUT2D eigenvalue weighted by Gasteiger charge is -2.51. The summed E-state index contributed by atoms with van der Waals surface area (Å²) < 4.78 is 125. The molecule has 11 aliphatic rings. The van der Waals surface area contributed by atoms with E-state index in [1.807, 2.05) is 0 Å². The van der Waals surface area contributed by atoms with E-state index in [2.05, 4.69) is 31.9 Å². The van der Waals surface area contributed by atoms with Crippen molar-refractivity contribution >= 4 is 35.4 Å². The molecular weight excluding hydrogens is 1900 g/mol. The highest BCUT2D eigenvalue weighted by Crippen LogP contribution is 2.41. The van der Waals surface area contributed by atoms with E-state index in [0.717, 1.165) is 41.5 Å². The van der Waals surface area contributed by atoms with Crippen molar-refractivity contribution in [1.82, 2.24) is 31.9 Å². The molecule has 34 N–H and O–H groups in total. The lowest BCUT2D eigenvalue weighted by molar-refractivity contribution is -0.388. The van der Waals surface area contributed by atoms with Crippen LogP contribution in [0.1, 0.15) is 48.5 Å². The second-order valence-corrected chi connectivity index (χ2v) is 35.3. The summed E-state index contributed by atoms with van der Waals surface area (Å²) in [6.45, 7) is -3.91. The molecular formula is C78H130N6O55. The SMILES string of the molecule is CC(=O)N[C@@H]1[C@@H](O[C@@H]2O[C@H](CO[C@@H]3O[C@H](CO)[C@@H](O)[C@H](O)[C@H]3NC(C)=O)[C@H](O)[C@H](O[C@@H]3O[C@H](CO)[C@@H](O[C@@H]4O[C@H](CO[C@@H]5O[C@H](CO)[C@@H](O)[C@H](O)[C@H]5NC(C)=O)[C@H](O)[C@H](O[C@@H]5O[C@H](CO)[C@@H](O[C@@H]6O[C@H](CO)[C@H](O)[C@H](O)[C@H]6O)[C@H](O)[C@H]5NC(C)=O)[C@H]4O)[C@H](O)[C@H]3NC(C)=O)[C@H]2O)[C@@H](O)[C@@H](CO[C@@H]2O[C@H](CO)[C@@H](O[C@@H]3O[C@H](CO)[C@H](O)[C@H](O)[C@H]3O[C@@H]3O[C@@H](C)[C@@H](O)[C@@H](O)[C@@H]3O)[C@H](O)[C@H]2NC(C)=O)O[C@@H]1O. The lowest BCUT2D eigenvalue weighted by atomic mass is 9.93. The Kier molecular flexibility index (Phi) is 41.1. The molecule has 11 saturated heterocycles. The molecule has 11 fully saturated rings. The normalized spacial score (nSPS) is 48.3. The Morgan fingerprint density at radius 1 is 0.201 bits per heavy atom. The van der Waals surface area contributed by atoms with Gasteiger partial charge in [-0.2, -0.15) is 0 Å². The molecule has 0 spiro atoms. The number of carbonyl (C=O) groups is 6.